The quantitative estimate of drug-likeness (QED) is 0.778. The third-order valence-corrected chi connectivity index (χ3v) is 5.13. The molecule has 2 nitrogen and oxygen atoms in total. The first-order valence-electron chi connectivity index (χ1n) is 5.80. The van der Waals surface area contributed by atoms with E-state index in [0.29, 0.717) is 0 Å². The molecule has 1 heterocycles. The van der Waals surface area contributed by atoms with Gasteiger partial charge in [-0.15, -0.1) is 0 Å². The van der Waals surface area contributed by atoms with Crippen molar-refractivity contribution >= 4 is 11.8 Å². The average molecular weight is 215 g/mol. The highest BCUT2D eigenvalue weighted by Gasteiger charge is 2.29. The third-order valence-electron chi connectivity index (χ3n) is 3.36. The minimum Gasteiger partial charge on any atom is -0.381 e. The Morgan fingerprint density at radius 3 is 2.64 bits per heavy atom. The lowest BCUT2D eigenvalue weighted by molar-refractivity contribution is 0.0999. The van der Waals surface area contributed by atoms with Crippen LogP contribution in [0, 0.1) is 0 Å². The van der Waals surface area contributed by atoms with Gasteiger partial charge < -0.3 is 10.1 Å². The van der Waals surface area contributed by atoms with E-state index in [1.807, 2.05) is 0 Å². The zero-order valence-electron chi connectivity index (χ0n) is 9.00. The maximum atomic E-state index is 5.39. The summed E-state index contributed by atoms with van der Waals surface area (Å²) in [6.45, 7) is 1.96. The first kappa shape index (κ1) is 10.8. The van der Waals surface area contributed by atoms with Crippen LogP contribution in [0.25, 0.3) is 0 Å². The van der Waals surface area contributed by atoms with Crippen LogP contribution in [0.3, 0.4) is 0 Å². The molecule has 2 aliphatic rings. The van der Waals surface area contributed by atoms with Crippen LogP contribution >= 0.6 is 11.8 Å². The van der Waals surface area contributed by atoms with Gasteiger partial charge >= 0.3 is 0 Å². The second-order valence-electron chi connectivity index (χ2n) is 4.31. The summed E-state index contributed by atoms with van der Waals surface area (Å²) < 4.78 is 5.39. The lowest BCUT2D eigenvalue weighted by Gasteiger charge is -2.27. The second kappa shape index (κ2) is 5.38. The minimum atomic E-state index is 0.767. The molecular formula is C11H21NOS. The van der Waals surface area contributed by atoms with Gasteiger partial charge in [-0.25, -0.2) is 0 Å². The molecule has 0 aromatic carbocycles. The van der Waals surface area contributed by atoms with Gasteiger partial charge in [0, 0.05) is 29.8 Å². The minimum absolute atomic E-state index is 0.767. The van der Waals surface area contributed by atoms with Crippen molar-refractivity contribution in [2.75, 3.05) is 20.3 Å². The molecule has 1 aliphatic heterocycles. The van der Waals surface area contributed by atoms with Crippen LogP contribution in [0.1, 0.15) is 32.1 Å². The zero-order chi connectivity index (χ0) is 9.80. The summed E-state index contributed by atoms with van der Waals surface area (Å²) in [5.41, 5.74) is 0. The van der Waals surface area contributed by atoms with Crippen molar-refractivity contribution in [3.63, 3.8) is 0 Å². The summed E-state index contributed by atoms with van der Waals surface area (Å²) in [5.74, 6) is 0. The van der Waals surface area contributed by atoms with E-state index in [-0.39, 0.29) is 0 Å². The Kier molecular flexibility index (Phi) is 4.14. The maximum Gasteiger partial charge on any atom is 0.0476 e. The Labute approximate surface area is 91.2 Å². The van der Waals surface area contributed by atoms with Gasteiger partial charge in [-0.2, -0.15) is 11.8 Å². The summed E-state index contributed by atoms with van der Waals surface area (Å²) >= 11 is 2.22. The van der Waals surface area contributed by atoms with E-state index in [2.05, 4.69) is 24.1 Å². The van der Waals surface area contributed by atoms with E-state index >= 15 is 0 Å². The molecule has 2 fully saturated rings. The molecular weight excluding hydrogens is 194 g/mol. The van der Waals surface area contributed by atoms with Crippen LogP contribution in [0.5, 0.6) is 0 Å². The van der Waals surface area contributed by atoms with Crippen molar-refractivity contribution < 1.29 is 4.74 Å². The molecule has 0 aromatic rings. The Balaban J connectivity index is 1.77. The lowest BCUT2D eigenvalue weighted by atomic mass is 10.2. The molecule has 3 heteroatoms. The Bertz CT molecular complexity index is 171. The smallest absolute Gasteiger partial charge is 0.0476 e. The van der Waals surface area contributed by atoms with Crippen LogP contribution < -0.4 is 5.32 Å². The summed E-state index contributed by atoms with van der Waals surface area (Å²) in [5, 5.41) is 5.18. The van der Waals surface area contributed by atoms with Gasteiger partial charge in [-0.3, -0.25) is 0 Å². The van der Waals surface area contributed by atoms with Crippen molar-refractivity contribution in [1.82, 2.24) is 5.32 Å². The van der Waals surface area contributed by atoms with Crippen LogP contribution in [0.4, 0.5) is 0 Å². The molecule has 1 N–H and O–H groups in total. The molecule has 0 radical (unpaired) electrons. The zero-order valence-corrected chi connectivity index (χ0v) is 9.81. The van der Waals surface area contributed by atoms with E-state index in [1.165, 1.54) is 32.1 Å². The normalized spacial score (nSPS) is 34.9. The largest absolute Gasteiger partial charge is 0.381 e. The first-order chi connectivity index (χ1) is 6.90. The Morgan fingerprint density at radius 2 is 1.93 bits per heavy atom. The third kappa shape index (κ3) is 2.65. The molecule has 1 saturated heterocycles. The maximum absolute atomic E-state index is 5.39. The van der Waals surface area contributed by atoms with E-state index < -0.39 is 0 Å². The number of hydrogen-bond acceptors (Lipinski definition) is 3. The fraction of sp³-hybridized carbons (Fsp3) is 1.00. The van der Waals surface area contributed by atoms with E-state index in [1.54, 1.807) is 0 Å². The monoisotopic (exact) mass is 215 g/mol. The first-order valence-corrected chi connectivity index (χ1v) is 6.75. The summed E-state index contributed by atoms with van der Waals surface area (Å²) in [4.78, 5) is 0. The van der Waals surface area contributed by atoms with E-state index in [9.17, 15) is 0 Å². The highest BCUT2D eigenvalue weighted by molar-refractivity contribution is 8.00. The Hall–Kier alpha value is 0.270. The van der Waals surface area contributed by atoms with Gasteiger partial charge in [0.15, 0.2) is 0 Å². The molecule has 0 spiro atoms. The Morgan fingerprint density at radius 1 is 1.14 bits per heavy atom. The van der Waals surface area contributed by atoms with E-state index in [4.69, 9.17) is 4.74 Å². The van der Waals surface area contributed by atoms with Crippen molar-refractivity contribution in [2.24, 2.45) is 0 Å². The van der Waals surface area contributed by atoms with Crippen LogP contribution in [0.2, 0.25) is 0 Å². The van der Waals surface area contributed by atoms with E-state index in [0.717, 1.165) is 29.8 Å². The lowest BCUT2D eigenvalue weighted by Crippen LogP contribution is -2.33. The highest BCUT2D eigenvalue weighted by atomic mass is 32.2. The molecule has 1 saturated carbocycles. The van der Waals surface area contributed by atoms with Gasteiger partial charge in [0.2, 0.25) is 0 Å². The second-order valence-corrected chi connectivity index (χ2v) is 5.86. The van der Waals surface area contributed by atoms with Gasteiger partial charge in [0.05, 0.1) is 0 Å². The average Bonchev–Trinajstić information content (AvgIpc) is 2.67. The molecule has 1 aliphatic carbocycles. The predicted octanol–water partition coefficient (Wildman–Crippen LogP) is 2.04. The summed E-state index contributed by atoms with van der Waals surface area (Å²) in [6, 6.07) is 0.767. The van der Waals surface area contributed by atoms with Crippen LogP contribution in [-0.2, 0) is 4.74 Å². The number of ether oxygens (including phenoxy) is 1. The van der Waals surface area contributed by atoms with Crippen LogP contribution in [0.15, 0.2) is 0 Å². The molecule has 2 rings (SSSR count). The van der Waals surface area contributed by atoms with Crippen molar-refractivity contribution in [2.45, 2.75) is 48.6 Å². The van der Waals surface area contributed by atoms with Gasteiger partial charge in [-0.1, -0.05) is 6.42 Å². The molecule has 0 amide bonds. The van der Waals surface area contributed by atoms with Gasteiger partial charge in [0.25, 0.3) is 0 Å². The molecule has 0 bridgehead atoms. The van der Waals surface area contributed by atoms with Crippen molar-refractivity contribution in [3.05, 3.63) is 0 Å². The van der Waals surface area contributed by atoms with Crippen molar-refractivity contribution in [1.29, 1.82) is 0 Å². The number of nitrogens with one attached hydrogen (secondary N) is 1. The molecule has 2 unspecified atom stereocenters. The number of thioether (sulfide) groups is 1. The van der Waals surface area contributed by atoms with Gasteiger partial charge in [0.1, 0.15) is 0 Å². The van der Waals surface area contributed by atoms with Crippen molar-refractivity contribution in [3.8, 4) is 0 Å². The standard InChI is InChI=1S/C11H21NOS/c1-12-10-3-2-4-11(10)14-9-5-7-13-8-6-9/h9-12H,2-8H2,1H3. The fourth-order valence-electron chi connectivity index (χ4n) is 2.48. The molecule has 2 atom stereocenters. The molecule has 14 heavy (non-hydrogen) atoms. The summed E-state index contributed by atoms with van der Waals surface area (Å²) in [7, 11) is 2.10. The topological polar surface area (TPSA) is 21.3 Å². The molecule has 82 valence electrons. The predicted molar refractivity (Wildman–Crippen MR) is 61.9 cm³/mol. The molecule has 0 aromatic heterocycles. The van der Waals surface area contributed by atoms with Gasteiger partial charge in [-0.05, 0) is 32.7 Å². The van der Waals surface area contributed by atoms with Crippen LogP contribution in [-0.4, -0.2) is 36.8 Å². The SMILES string of the molecule is CNC1CCCC1SC1CCOCC1. The number of hydrogen-bond donors (Lipinski definition) is 1. The fourth-order valence-corrected chi connectivity index (χ4v) is 4.20. The highest BCUT2D eigenvalue weighted by Crippen LogP contribution is 2.35. The summed E-state index contributed by atoms with van der Waals surface area (Å²) in [6.07, 6.45) is 6.71. The number of rotatable bonds is 3.